The molecule has 1 aromatic rings. The SMILES string of the molecule is N#C[C@H](Cl)c1cccc(Br)c1. The quantitative estimate of drug-likeness (QED) is 0.680. The summed E-state index contributed by atoms with van der Waals surface area (Å²) in [5.74, 6) is 0. The highest BCUT2D eigenvalue weighted by atomic mass is 79.9. The molecule has 0 aliphatic heterocycles. The summed E-state index contributed by atoms with van der Waals surface area (Å²) in [4.78, 5) is 0. The zero-order chi connectivity index (χ0) is 8.27. The van der Waals surface area contributed by atoms with Crippen molar-refractivity contribution in [2.45, 2.75) is 5.38 Å². The lowest BCUT2D eigenvalue weighted by molar-refractivity contribution is 1.21. The van der Waals surface area contributed by atoms with Gasteiger partial charge >= 0.3 is 0 Å². The third-order valence-corrected chi connectivity index (χ3v) is 2.10. The van der Waals surface area contributed by atoms with Crippen molar-refractivity contribution in [3.63, 3.8) is 0 Å². The van der Waals surface area contributed by atoms with Gasteiger partial charge in [0, 0.05) is 4.47 Å². The lowest BCUT2D eigenvalue weighted by Gasteiger charge is -1.99. The summed E-state index contributed by atoms with van der Waals surface area (Å²) >= 11 is 8.97. The maximum absolute atomic E-state index is 8.48. The number of rotatable bonds is 1. The molecule has 1 nitrogen and oxygen atoms in total. The number of benzene rings is 1. The molecule has 11 heavy (non-hydrogen) atoms. The van der Waals surface area contributed by atoms with E-state index in [4.69, 9.17) is 16.9 Å². The summed E-state index contributed by atoms with van der Waals surface area (Å²) in [6.45, 7) is 0. The number of hydrogen-bond donors (Lipinski definition) is 0. The first-order valence-electron chi connectivity index (χ1n) is 3.03. The van der Waals surface area contributed by atoms with E-state index in [1.165, 1.54) is 0 Å². The Morgan fingerprint density at radius 3 is 2.82 bits per heavy atom. The molecule has 0 aliphatic carbocycles. The molecule has 0 radical (unpaired) electrons. The summed E-state index contributed by atoms with van der Waals surface area (Å²) in [5.41, 5.74) is 0.823. The lowest BCUT2D eigenvalue weighted by atomic mass is 10.2. The van der Waals surface area contributed by atoms with Crippen molar-refractivity contribution >= 4 is 27.5 Å². The fourth-order valence-electron chi connectivity index (χ4n) is 0.739. The van der Waals surface area contributed by atoms with Crippen molar-refractivity contribution in [2.24, 2.45) is 0 Å². The average molecular weight is 230 g/mol. The molecule has 0 heterocycles. The Morgan fingerprint density at radius 2 is 2.27 bits per heavy atom. The van der Waals surface area contributed by atoms with E-state index < -0.39 is 5.38 Å². The predicted molar refractivity (Wildman–Crippen MR) is 48.3 cm³/mol. The van der Waals surface area contributed by atoms with Crippen molar-refractivity contribution in [3.05, 3.63) is 34.3 Å². The van der Waals surface area contributed by atoms with Gasteiger partial charge in [-0.25, -0.2) is 0 Å². The molecule has 0 amide bonds. The molecule has 0 unspecified atom stereocenters. The largest absolute Gasteiger partial charge is 0.196 e. The Kier molecular flexibility index (Phi) is 2.92. The molecular weight excluding hydrogens is 225 g/mol. The van der Waals surface area contributed by atoms with E-state index in [0.717, 1.165) is 10.0 Å². The summed E-state index contributed by atoms with van der Waals surface area (Å²) in [7, 11) is 0. The third-order valence-electron chi connectivity index (χ3n) is 1.25. The van der Waals surface area contributed by atoms with Crippen LogP contribution in [0.25, 0.3) is 0 Å². The molecule has 0 aromatic heterocycles. The number of nitriles is 1. The van der Waals surface area contributed by atoms with Crippen LogP contribution in [0.2, 0.25) is 0 Å². The van der Waals surface area contributed by atoms with Crippen LogP contribution in [0.15, 0.2) is 28.7 Å². The highest BCUT2D eigenvalue weighted by molar-refractivity contribution is 9.10. The molecule has 56 valence electrons. The first kappa shape index (κ1) is 8.58. The smallest absolute Gasteiger partial charge is 0.145 e. The van der Waals surface area contributed by atoms with Crippen LogP contribution in [0.1, 0.15) is 10.9 Å². The van der Waals surface area contributed by atoms with Gasteiger partial charge in [0.15, 0.2) is 0 Å². The van der Waals surface area contributed by atoms with E-state index in [1.54, 1.807) is 0 Å². The highest BCUT2D eigenvalue weighted by Gasteiger charge is 2.04. The highest BCUT2D eigenvalue weighted by Crippen LogP contribution is 2.22. The Hall–Kier alpha value is -0.520. The van der Waals surface area contributed by atoms with Gasteiger partial charge in [0.25, 0.3) is 0 Å². The standard InChI is InChI=1S/C8H5BrClN/c9-7-3-1-2-6(4-7)8(10)5-11/h1-4,8H/t8-/m0/s1. The molecule has 3 heteroatoms. The van der Waals surface area contributed by atoms with Crippen LogP contribution in [0, 0.1) is 11.3 Å². The fourth-order valence-corrected chi connectivity index (χ4v) is 1.29. The number of hydrogen-bond acceptors (Lipinski definition) is 1. The van der Waals surface area contributed by atoms with E-state index in [9.17, 15) is 0 Å². The molecule has 0 spiro atoms. The van der Waals surface area contributed by atoms with Crippen molar-refractivity contribution < 1.29 is 0 Å². The number of halogens is 2. The lowest BCUT2D eigenvalue weighted by Crippen LogP contribution is -1.84. The number of alkyl halides is 1. The van der Waals surface area contributed by atoms with Crippen LogP contribution in [-0.4, -0.2) is 0 Å². The molecule has 0 N–H and O–H groups in total. The van der Waals surface area contributed by atoms with Crippen LogP contribution in [0.4, 0.5) is 0 Å². The summed E-state index contributed by atoms with van der Waals surface area (Å²) in [5, 5.41) is 7.93. The Balaban J connectivity index is 2.98. The normalized spacial score (nSPS) is 12.1. The van der Waals surface area contributed by atoms with Gasteiger partial charge in [-0.1, -0.05) is 28.1 Å². The van der Waals surface area contributed by atoms with Crippen LogP contribution in [0.5, 0.6) is 0 Å². The molecular formula is C8H5BrClN. The molecule has 1 atom stereocenters. The van der Waals surface area contributed by atoms with Gasteiger partial charge in [0.05, 0.1) is 6.07 Å². The van der Waals surface area contributed by atoms with Gasteiger partial charge in [-0.05, 0) is 17.7 Å². The minimum atomic E-state index is -0.549. The van der Waals surface area contributed by atoms with Crippen LogP contribution < -0.4 is 0 Å². The second kappa shape index (κ2) is 3.75. The van der Waals surface area contributed by atoms with E-state index in [2.05, 4.69) is 15.9 Å². The van der Waals surface area contributed by atoms with Crippen LogP contribution >= 0.6 is 27.5 Å². The maximum atomic E-state index is 8.48. The maximum Gasteiger partial charge on any atom is 0.145 e. The molecule has 1 rings (SSSR count). The molecule has 0 fully saturated rings. The first-order valence-corrected chi connectivity index (χ1v) is 4.26. The van der Waals surface area contributed by atoms with Gasteiger partial charge in [-0.2, -0.15) is 5.26 Å². The monoisotopic (exact) mass is 229 g/mol. The minimum absolute atomic E-state index is 0.549. The van der Waals surface area contributed by atoms with Crippen molar-refractivity contribution in [2.75, 3.05) is 0 Å². The summed E-state index contributed by atoms with van der Waals surface area (Å²) in [6.07, 6.45) is 0. The zero-order valence-corrected chi connectivity index (χ0v) is 7.93. The second-order valence-corrected chi connectivity index (χ2v) is 3.40. The third kappa shape index (κ3) is 2.21. The van der Waals surface area contributed by atoms with Gasteiger partial charge in [-0.3, -0.25) is 0 Å². The topological polar surface area (TPSA) is 23.8 Å². The Bertz CT molecular complexity index is 292. The van der Waals surface area contributed by atoms with Crippen molar-refractivity contribution in [1.29, 1.82) is 5.26 Å². The predicted octanol–water partition coefficient (Wildman–Crippen LogP) is 3.25. The molecule has 0 bridgehead atoms. The van der Waals surface area contributed by atoms with Gasteiger partial charge in [0.2, 0.25) is 0 Å². The fraction of sp³-hybridized carbons (Fsp3) is 0.125. The Labute approximate surface area is 78.7 Å². The number of nitrogens with zero attached hydrogens (tertiary/aromatic N) is 1. The molecule has 1 aromatic carbocycles. The van der Waals surface area contributed by atoms with Crippen molar-refractivity contribution in [1.82, 2.24) is 0 Å². The summed E-state index contributed by atoms with van der Waals surface area (Å²) in [6, 6.07) is 9.36. The van der Waals surface area contributed by atoms with E-state index in [0.29, 0.717) is 0 Å². The van der Waals surface area contributed by atoms with E-state index in [1.807, 2.05) is 30.3 Å². The minimum Gasteiger partial charge on any atom is -0.196 e. The molecule has 0 saturated carbocycles. The zero-order valence-electron chi connectivity index (χ0n) is 5.59. The summed E-state index contributed by atoms with van der Waals surface area (Å²) < 4.78 is 0.941. The Morgan fingerprint density at radius 1 is 1.55 bits per heavy atom. The van der Waals surface area contributed by atoms with Crippen LogP contribution in [-0.2, 0) is 0 Å². The van der Waals surface area contributed by atoms with Crippen LogP contribution in [0.3, 0.4) is 0 Å². The van der Waals surface area contributed by atoms with Gasteiger partial charge in [-0.15, -0.1) is 11.6 Å². The van der Waals surface area contributed by atoms with E-state index in [-0.39, 0.29) is 0 Å². The van der Waals surface area contributed by atoms with Gasteiger partial charge < -0.3 is 0 Å². The van der Waals surface area contributed by atoms with Gasteiger partial charge in [0.1, 0.15) is 5.38 Å². The van der Waals surface area contributed by atoms with E-state index >= 15 is 0 Å². The first-order chi connectivity index (χ1) is 5.24. The molecule has 0 saturated heterocycles. The second-order valence-electron chi connectivity index (χ2n) is 2.05. The van der Waals surface area contributed by atoms with Crippen molar-refractivity contribution in [3.8, 4) is 6.07 Å². The molecule has 0 aliphatic rings. The average Bonchev–Trinajstić information content (AvgIpc) is 2.03.